The summed E-state index contributed by atoms with van der Waals surface area (Å²) in [7, 11) is 1.31. The van der Waals surface area contributed by atoms with Gasteiger partial charge >= 0.3 is 0 Å². The highest BCUT2D eigenvalue weighted by Crippen LogP contribution is 2.67. The summed E-state index contributed by atoms with van der Waals surface area (Å²) in [6.07, 6.45) is 1.96. The number of likely N-dealkylation sites (tertiary alicyclic amines) is 2. The molecule has 16 heteroatoms. The number of hydrogen-bond donors (Lipinski definition) is 1. The molecule has 4 amide bonds. The van der Waals surface area contributed by atoms with Crippen molar-refractivity contribution in [3.63, 3.8) is 0 Å². The number of hydrogen-bond acceptors (Lipinski definition) is 7. The number of alkyl halides is 2. The van der Waals surface area contributed by atoms with Crippen LogP contribution in [-0.4, -0.2) is 74.5 Å². The normalized spacial score (nSPS) is 29.7. The average molecular weight is 805 g/mol. The van der Waals surface area contributed by atoms with Gasteiger partial charge < -0.3 is 9.84 Å². The minimum absolute atomic E-state index is 0.00258. The number of ether oxygens (including phenoxy) is 1. The van der Waals surface area contributed by atoms with Crippen LogP contribution in [0.15, 0.2) is 60.2 Å². The molecule has 3 aromatic rings. The lowest BCUT2D eigenvalue weighted by molar-refractivity contribution is -0.144. The molecular weight excluding hydrogens is 772 g/mol. The molecule has 9 nitrogen and oxygen atoms in total. The molecule has 1 N–H and O–H groups in total. The van der Waals surface area contributed by atoms with Crippen LogP contribution in [0.3, 0.4) is 0 Å². The van der Waals surface area contributed by atoms with Crippen LogP contribution in [0.2, 0.25) is 0 Å². The summed E-state index contributed by atoms with van der Waals surface area (Å²) >= 11 is 14.4. The van der Waals surface area contributed by atoms with Crippen molar-refractivity contribution in [2.45, 2.75) is 53.9 Å². The maximum atomic E-state index is 15.3. The smallest absolute Gasteiger partial charge is 0.258 e. The predicted molar refractivity (Wildman–Crippen MR) is 188 cm³/mol. The largest absolute Gasteiger partial charge is 0.508 e. The maximum absolute atomic E-state index is 15.3. The van der Waals surface area contributed by atoms with E-state index in [1.165, 1.54) is 30.2 Å². The number of methoxy groups -OCH3 is 1. The molecule has 288 valence electrons. The van der Waals surface area contributed by atoms with E-state index in [1.54, 1.807) is 6.08 Å². The van der Waals surface area contributed by atoms with Gasteiger partial charge in [-0.3, -0.25) is 29.0 Å². The van der Waals surface area contributed by atoms with Crippen LogP contribution >= 0.6 is 23.2 Å². The lowest BCUT2D eigenvalue weighted by atomic mass is 9.56. The summed E-state index contributed by atoms with van der Waals surface area (Å²) in [5.41, 5.74) is -0.649. The van der Waals surface area contributed by atoms with Crippen LogP contribution in [0, 0.1) is 46.8 Å². The van der Waals surface area contributed by atoms with Gasteiger partial charge in [-0.15, -0.1) is 23.2 Å². The summed E-state index contributed by atoms with van der Waals surface area (Å²) in [5, 5.41) is 11.2. The molecule has 0 spiro atoms. The van der Waals surface area contributed by atoms with E-state index in [2.05, 4.69) is 4.90 Å². The zero-order valence-corrected chi connectivity index (χ0v) is 30.5. The van der Waals surface area contributed by atoms with Crippen molar-refractivity contribution in [1.82, 2.24) is 9.80 Å². The first-order chi connectivity index (χ1) is 26.1. The molecule has 6 atom stereocenters. The van der Waals surface area contributed by atoms with Crippen molar-refractivity contribution < 1.29 is 51.0 Å². The van der Waals surface area contributed by atoms with E-state index in [1.807, 2.05) is 30.3 Å². The first-order valence-electron chi connectivity index (χ1n) is 17.6. The number of carbonyl (C=O) groups is 4. The molecule has 2 aliphatic carbocycles. The number of amides is 4. The maximum Gasteiger partial charge on any atom is 0.258 e. The van der Waals surface area contributed by atoms with Crippen molar-refractivity contribution in [3.05, 3.63) is 100 Å². The van der Waals surface area contributed by atoms with Gasteiger partial charge in [0.25, 0.3) is 11.8 Å². The summed E-state index contributed by atoms with van der Waals surface area (Å²) in [4.78, 5) is 55.3. The molecule has 3 aliphatic heterocycles. The van der Waals surface area contributed by atoms with Crippen LogP contribution in [0.4, 0.5) is 27.6 Å². The van der Waals surface area contributed by atoms with E-state index in [-0.39, 0.29) is 28.2 Å². The minimum Gasteiger partial charge on any atom is -0.508 e. The van der Waals surface area contributed by atoms with Gasteiger partial charge in [-0.2, -0.15) is 0 Å². The number of piperidine rings is 1. The molecular formula is C39H32Cl2F5N3O6. The molecule has 5 aliphatic rings. The lowest BCUT2D eigenvalue weighted by Crippen LogP contribution is -2.60. The fourth-order valence-electron chi connectivity index (χ4n) is 9.36. The van der Waals surface area contributed by atoms with Crippen LogP contribution in [0.5, 0.6) is 11.5 Å². The van der Waals surface area contributed by atoms with E-state index in [9.17, 15) is 37.5 Å². The zero-order valence-electron chi connectivity index (χ0n) is 29.0. The van der Waals surface area contributed by atoms with Gasteiger partial charge in [0.15, 0.2) is 33.0 Å². The number of rotatable bonds is 6. The van der Waals surface area contributed by atoms with Gasteiger partial charge in [0.2, 0.25) is 17.6 Å². The Balaban J connectivity index is 1.20. The predicted octanol–water partition coefficient (Wildman–Crippen LogP) is 6.32. The Hall–Kier alpha value is -4.53. The highest BCUT2D eigenvalue weighted by atomic mass is 35.5. The topological polar surface area (TPSA) is 107 Å². The van der Waals surface area contributed by atoms with Crippen LogP contribution in [0.1, 0.15) is 42.7 Å². The average Bonchev–Trinajstić information content (AvgIpc) is 3.52. The second kappa shape index (κ2) is 13.3. The highest BCUT2D eigenvalue weighted by molar-refractivity contribution is 6.58. The Bertz CT molecular complexity index is 2170. The van der Waals surface area contributed by atoms with E-state index >= 15 is 8.78 Å². The minimum atomic E-state index is -2.76. The highest BCUT2D eigenvalue weighted by Gasteiger charge is 2.77. The molecule has 4 fully saturated rings. The van der Waals surface area contributed by atoms with Gasteiger partial charge in [-0.1, -0.05) is 42.0 Å². The first-order valence-corrected chi connectivity index (χ1v) is 18.4. The summed E-state index contributed by atoms with van der Waals surface area (Å²) in [6.45, 7) is 1.92. The van der Waals surface area contributed by atoms with E-state index < -0.39 is 110 Å². The third-order valence-corrected chi connectivity index (χ3v) is 13.4. The van der Waals surface area contributed by atoms with Crippen LogP contribution < -0.4 is 9.64 Å². The van der Waals surface area contributed by atoms with Crippen LogP contribution in [-0.2, 0) is 25.7 Å². The third kappa shape index (κ3) is 5.27. The zero-order chi connectivity index (χ0) is 39.3. The molecule has 0 aromatic heterocycles. The summed E-state index contributed by atoms with van der Waals surface area (Å²) < 4.78 is 79.1. The van der Waals surface area contributed by atoms with Gasteiger partial charge in [0.1, 0.15) is 17.2 Å². The van der Waals surface area contributed by atoms with Crippen molar-refractivity contribution in [1.29, 1.82) is 0 Å². The number of nitrogens with zero attached hydrogens (tertiary/aromatic N) is 3. The number of phenols is 1. The fourth-order valence-corrected chi connectivity index (χ4v) is 10.3. The number of allylic oxidation sites excluding steroid dienone is 2. The standard InChI is InChI=1S/C39H32Cl2F5N3O6/c1-55-20-7-10-25(50)23(15-20)27-21-8-9-22-26(35(52)48(34(22)51)19-11-13-47(14-12-19)17-18-5-3-2-4-6-18)24(21)16-38(40)36(53)49(37(54)39(27,38)41)33-31(45)29(43)28(42)30(44)32(33)46/h2-8,10,15,19,22,24,26-27,50H,9,11-14,16-17H2,1H3. The van der Waals surface area contributed by atoms with E-state index in [0.717, 1.165) is 5.56 Å². The Labute approximate surface area is 321 Å². The van der Waals surface area contributed by atoms with Crippen molar-refractivity contribution in [2.75, 3.05) is 25.1 Å². The Morgan fingerprint density at radius 1 is 0.836 bits per heavy atom. The van der Waals surface area contributed by atoms with Crippen LogP contribution in [0.25, 0.3) is 0 Å². The number of aromatic hydroxyl groups is 1. The molecule has 1 saturated carbocycles. The first kappa shape index (κ1) is 37.4. The molecule has 8 rings (SSSR count). The number of halogens is 7. The van der Waals surface area contributed by atoms with Crippen molar-refractivity contribution >= 4 is 52.5 Å². The van der Waals surface area contributed by atoms with Gasteiger partial charge in [0.05, 0.1) is 18.9 Å². The second-order valence-corrected chi connectivity index (χ2v) is 15.9. The van der Waals surface area contributed by atoms with Crippen molar-refractivity contribution in [2.24, 2.45) is 17.8 Å². The quantitative estimate of drug-likeness (QED) is 0.0777. The molecule has 55 heavy (non-hydrogen) atoms. The van der Waals surface area contributed by atoms with E-state index in [4.69, 9.17) is 27.9 Å². The Morgan fingerprint density at radius 2 is 1.47 bits per heavy atom. The molecule has 3 heterocycles. The summed E-state index contributed by atoms with van der Waals surface area (Å²) in [6, 6.07) is 13.3. The molecule has 3 aromatic carbocycles. The number of carbonyl (C=O) groups excluding carboxylic acids is 4. The molecule has 0 bridgehead atoms. The number of anilines is 1. The van der Waals surface area contributed by atoms with Gasteiger partial charge in [0, 0.05) is 37.2 Å². The number of phenolic OH excluding ortho intramolecular Hbond substituents is 1. The number of benzene rings is 3. The fraction of sp³-hybridized carbons (Fsp3) is 0.385. The third-order valence-electron chi connectivity index (χ3n) is 12.0. The number of fused-ring (bicyclic) bond motifs is 4. The van der Waals surface area contributed by atoms with E-state index in [0.29, 0.717) is 32.5 Å². The lowest BCUT2D eigenvalue weighted by Gasteiger charge is -2.50. The Morgan fingerprint density at radius 3 is 2.11 bits per heavy atom. The molecule has 3 saturated heterocycles. The van der Waals surface area contributed by atoms with Crippen molar-refractivity contribution in [3.8, 4) is 11.5 Å². The SMILES string of the molecule is COc1ccc(O)c(C2C3=CCC4C(=O)N(C5CCN(Cc6ccccc6)CC5)C(=O)C4C3CC3(Cl)C(=O)N(c4c(F)c(F)c(F)c(F)c4F)C(=O)C23Cl)c1. The monoisotopic (exact) mass is 803 g/mol. The Kier molecular flexibility index (Phi) is 9.05. The van der Waals surface area contributed by atoms with Gasteiger partial charge in [-0.25, -0.2) is 26.9 Å². The molecule has 6 unspecified atom stereocenters. The van der Waals surface area contributed by atoms with Gasteiger partial charge in [-0.05, 0) is 55.4 Å². The number of imide groups is 2. The second-order valence-electron chi connectivity index (χ2n) is 14.7. The summed E-state index contributed by atoms with van der Waals surface area (Å²) in [5.74, 6) is -21.5. The molecule has 0 radical (unpaired) electrons.